The second-order valence-electron chi connectivity index (χ2n) is 7.37. The van der Waals surface area contributed by atoms with Gasteiger partial charge in [-0.15, -0.1) is 0 Å². The Morgan fingerprint density at radius 1 is 0.947 bits per heavy atom. The molecule has 2 aliphatic rings. The molecular formula is C16H26NiSi2. The van der Waals surface area contributed by atoms with E-state index in [9.17, 15) is 0 Å². The first-order valence-electron chi connectivity index (χ1n) is 7.08. The first kappa shape index (κ1) is 15.3. The van der Waals surface area contributed by atoms with E-state index >= 15 is 0 Å². The van der Waals surface area contributed by atoms with Crippen LogP contribution in [0.15, 0.2) is 43.8 Å². The van der Waals surface area contributed by atoms with E-state index in [4.69, 9.17) is 0 Å². The summed E-state index contributed by atoms with van der Waals surface area (Å²) in [5.41, 5.74) is 0. The molecule has 0 bridgehead atoms. The Bertz CT molecular complexity index is 494. The zero-order valence-corrected chi connectivity index (χ0v) is 16.0. The Balaban J connectivity index is 2.36. The van der Waals surface area contributed by atoms with Gasteiger partial charge in [0.25, 0.3) is 0 Å². The fraction of sp³-hybridized carbons (Fsp3) is 0.500. The summed E-state index contributed by atoms with van der Waals surface area (Å²) in [6.07, 6.45) is 11.7. The van der Waals surface area contributed by atoms with E-state index < -0.39 is 16.1 Å². The Morgan fingerprint density at radius 2 is 1.63 bits per heavy atom. The molecule has 0 aromatic carbocycles. The third kappa shape index (κ3) is 3.51. The third-order valence-electron chi connectivity index (χ3n) is 3.57. The fourth-order valence-electron chi connectivity index (χ4n) is 2.42. The molecule has 0 amide bonds. The molecule has 2 aliphatic carbocycles. The molecule has 0 radical (unpaired) electrons. The van der Waals surface area contributed by atoms with E-state index in [1.54, 1.807) is 19.5 Å². The van der Waals surface area contributed by atoms with Crippen LogP contribution in [0, 0.1) is 0 Å². The summed E-state index contributed by atoms with van der Waals surface area (Å²) in [6, 6.07) is 0. The molecule has 0 heterocycles. The van der Waals surface area contributed by atoms with E-state index in [1.165, 1.54) is 6.42 Å². The molecule has 0 aliphatic heterocycles. The minimum atomic E-state index is -1.22. The van der Waals surface area contributed by atoms with Crippen molar-refractivity contribution in [3.05, 3.63) is 43.8 Å². The van der Waals surface area contributed by atoms with Crippen LogP contribution in [-0.2, 0) is 14.4 Å². The molecule has 0 saturated carbocycles. The second kappa shape index (κ2) is 5.35. The summed E-state index contributed by atoms with van der Waals surface area (Å²) in [5, 5.41) is 3.51. The molecule has 0 saturated heterocycles. The van der Waals surface area contributed by atoms with Crippen molar-refractivity contribution in [2.75, 3.05) is 0 Å². The Kier molecular flexibility index (Phi) is 4.30. The average Bonchev–Trinajstić information content (AvgIpc) is 2.84. The van der Waals surface area contributed by atoms with E-state index in [-0.39, 0.29) is 0 Å². The summed E-state index contributed by atoms with van der Waals surface area (Å²) in [7, 11) is -2.41. The predicted octanol–water partition coefficient (Wildman–Crippen LogP) is 5.25. The van der Waals surface area contributed by atoms with Gasteiger partial charge in [-0.05, 0) is 0 Å². The zero-order chi connectivity index (χ0) is 14.3. The molecule has 2 rings (SSSR count). The van der Waals surface area contributed by atoms with Crippen molar-refractivity contribution in [3.8, 4) is 0 Å². The monoisotopic (exact) mass is 332 g/mol. The molecule has 0 spiro atoms. The normalized spacial score (nSPS) is 20.3. The van der Waals surface area contributed by atoms with Gasteiger partial charge in [0, 0.05) is 0 Å². The first-order chi connectivity index (χ1) is 8.69. The summed E-state index contributed by atoms with van der Waals surface area (Å²) in [5.74, 6) is 0. The Hall–Kier alpha value is -0.113. The van der Waals surface area contributed by atoms with E-state index in [0.29, 0.717) is 0 Å². The standard InChI is InChI=1S/C11H21Si2.C5H5.Ni/c1-12(2,3)10-7-8-11(9-10)13(4,5)6;1-2-4-5-3-1;/h7H,8H2,1-6H3;1-3H,4H2;. The maximum absolute atomic E-state index is 2.55. The molecule has 3 heteroatoms. The average molecular weight is 333 g/mol. The maximum atomic E-state index is 2.55. The van der Waals surface area contributed by atoms with Crippen molar-refractivity contribution < 1.29 is 14.4 Å². The molecule has 0 aromatic heterocycles. The molecule has 19 heavy (non-hydrogen) atoms. The minimum absolute atomic E-state index is 1.14. The van der Waals surface area contributed by atoms with Gasteiger partial charge in [0.2, 0.25) is 0 Å². The summed E-state index contributed by atoms with van der Waals surface area (Å²) >= 11 is 1.85. The molecule has 0 unspecified atom stereocenters. The number of rotatable bonds is 4. The quantitative estimate of drug-likeness (QED) is 0.616. The number of hydrogen-bond donors (Lipinski definition) is 0. The van der Waals surface area contributed by atoms with Crippen LogP contribution < -0.4 is 0 Å². The van der Waals surface area contributed by atoms with Crippen LogP contribution >= 0.6 is 0 Å². The summed E-state index contributed by atoms with van der Waals surface area (Å²) in [4.78, 5) is 0. The van der Waals surface area contributed by atoms with Crippen molar-refractivity contribution in [1.82, 2.24) is 0 Å². The Labute approximate surface area is 126 Å². The predicted molar refractivity (Wildman–Crippen MR) is 88.3 cm³/mol. The zero-order valence-electron chi connectivity index (χ0n) is 13.0. The first-order valence-corrected chi connectivity index (χ1v) is 15.1. The molecule has 0 aromatic rings. The second-order valence-corrected chi connectivity index (χ2v) is 18.9. The van der Waals surface area contributed by atoms with Gasteiger partial charge in [0.15, 0.2) is 0 Å². The van der Waals surface area contributed by atoms with Gasteiger partial charge < -0.3 is 0 Å². The van der Waals surface area contributed by atoms with Crippen LogP contribution in [0.3, 0.4) is 0 Å². The van der Waals surface area contributed by atoms with Crippen LogP contribution in [0.1, 0.15) is 12.8 Å². The topological polar surface area (TPSA) is 0 Å². The molecule has 0 fully saturated rings. The van der Waals surface area contributed by atoms with Gasteiger partial charge in [-0.1, -0.05) is 0 Å². The van der Waals surface area contributed by atoms with Gasteiger partial charge in [0.05, 0.1) is 0 Å². The van der Waals surface area contributed by atoms with Crippen molar-refractivity contribution in [3.63, 3.8) is 0 Å². The summed E-state index contributed by atoms with van der Waals surface area (Å²) < 4.78 is 3.23. The van der Waals surface area contributed by atoms with Crippen molar-refractivity contribution in [2.24, 2.45) is 0 Å². The van der Waals surface area contributed by atoms with Crippen molar-refractivity contribution >= 4 is 16.1 Å². The van der Waals surface area contributed by atoms with Crippen LogP contribution in [0.25, 0.3) is 0 Å². The van der Waals surface area contributed by atoms with Crippen LogP contribution in [0.2, 0.25) is 39.3 Å². The fourth-order valence-corrected chi connectivity index (χ4v) is 9.22. The van der Waals surface area contributed by atoms with E-state index in [0.717, 1.165) is 6.42 Å². The van der Waals surface area contributed by atoms with Crippen molar-refractivity contribution in [2.45, 2.75) is 52.1 Å². The Morgan fingerprint density at radius 3 is 2.11 bits per heavy atom. The van der Waals surface area contributed by atoms with Crippen LogP contribution in [0.5, 0.6) is 0 Å². The number of hydrogen-bond acceptors (Lipinski definition) is 0. The van der Waals surface area contributed by atoms with Crippen LogP contribution in [0.4, 0.5) is 0 Å². The van der Waals surface area contributed by atoms with Crippen LogP contribution in [-0.4, -0.2) is 16.1 Å². The van der Waals surface area contributed by atoms with Gasteiger partial charge in [0.1, 0.15) is 0 Å². The molecule has 0 N–H and O–H groups in total. The SMILES string of the molecule is C[Si](C)(C)C1=CCC([Si](C)(C)C)=[C]1[Ni][C]1=CC=CC1. The summed E-state index contributed by atoms with van der Waals surface area (Å²) in [6.45, 7) is 14.9. The van der Waals surface area contributed by atoms with Gasteiger partial charge in [-0.25, -0.2) is 0 Å². The molecule has 108 valence electrons. The number of allylic oxidation sites excluding steroid dienone is 8. The van der Waals surface area contributed by atoms with Crippen molar-refractivity contribution in [1.29, 1.82) is 0 Å². The van der Waals surface area contributed by atoms with Gasteiger partial charge in [-0.3, -0.25) is 0 Å². The van der Waals surface area contributed by atoms with Gasteiger partial charge >= 0.3 is 126 Å². The van der Waals surface area contributed by atoms with E-state index in [1.807, 2.05) is 14.4 Å². The molecular weight excluding hydrogens is 307 g/mol. The third-order valence-corrected chi connectivity index (χ3v) is 9.80. The van der Waals surface area contributed by atoms with Gasteiger partial charge in [-0.2, -0.15) is 0 Å². The molecule has 0 nitrogen and oxygen atoms in total. The molecule has 0 atom stereocenters. The van der Waals surface area contributed by atoms with E-state index in [2.05, 4.69) is 63.6 Å².